The minimum Gasteiger partial charge on any atom is -0.487 e. The molecular formula is C30H19ClF4I2N2O4S. The van der Waals surface area contributed by atoms with Gasteiger partial charge in [-0.1, -0.05) is 47.2 Å². The molecule has 0 amide bonds. The number of halogens is 7. The van der Waals surface area contributed by atoms with Gasteiger partial charge in [0.1, 0.15) is 18.2 Å². The van der Waals surface area contributed by atoms with E-state index in [2.05, 4.69) is 50.2 Å². The number of esters is 1. The Morgan fingerprint density at radius 2 is 1.80 bits per heavy atom. The number of nitrogens with zero attached hydrogens (tertiary/aromatic N) is 2. The van der Waals surface area contributed by atoms with Crippen molar-refractivity contribution in [3.05, 3.63) is 126 Å². The number of carbonyl (C=O) groups is 1. The highest BCUT2D eigenvalue weighted by Crippen LogP contribution is 2.38. The van der Waals surface area contributed by atoms with Crippen molar-refractivity contribution in [3.8, 4) is 5.75 Å². The highest BCUT2D eigenvalue weighted by molar-refractivity contribution is 14.1. The second-order valence-corrected chi connectivity index (χ2v) is 13.2. The summed E-state index contributed by atoms with van der Waals surface area (Å²) in [5.41, 5.74) is -1.47. The van der Waals surface area contributed by atoms with Crippen LogP contribution >= 0.6 is 68.1 Å². The first kappa shape index (κ1) is 32.6. The van der Waals surface area contributed by atoms with Gasteiger partial charge in [0.2, 0.25) is 0 Å². The molecule has 4 aromatic rings. The second-order valence-electron chi connectivity index (χ2n) is 9.34. The van der Waals surface area contributed by atoms with E-state index in [9.17, 15) is 27.2 Å². The number of fused-ring (bicyclic) bond motifs is 1. The summed E-state index contributed by atoms with van der Waals surface area (Å²) in [5.74, 6) is -1.19. The van der Waals surface area contributed by atoms with E-state index in [1.54, 1.807) is 18.2 Å². The maximum absolute atomic E-state index is 14.4. The summed E-state index contributed by atoms with van der Waals surface area (Å²) in [6.07, 6.45) is -3.50. The molecule has 6 nitrogen and oxygen atoms in total. The van der Waals surface area contributed by atoms with Crippen molar-refractivity contribution in [2.75, 3.05) is 6.61 Å². The molecule has 228 valence electrons. The smallest absolute Gasteiger partial charge is 0.434 e. The molecule has 1 aromatic heterocycles. The molecule has 3 aromatic carbocycles. The lowest BCUT2D eigenvalue weighted by atomic mass is 9.95. The van der Waals surface area contributed by atoms with Crippen molar-refractivity contribution in [1.82, 2.24) is 4.57 Å². The van der Waals surface area contributed by atoms with Crippen LogP contribution in [0.25, 0.3) is 6.08 Å². The van der Waals surface area contributed by atoms with Gasteiger partial charge in [-0.25, -0.2) is 14.2 Å². The molecule has 0 unspecified atom stereocenters. The van der Waals surface area contributed by atoms with Crippen molar-refractivity contribution in [1.29, 1.82) is 0 Å². The third kappa shape index (κ3) is 6.89. The van der Waals surface area contributed by atoms with E-state index in [0.29, 0.717) is 21.9 Å². The van der Waals surface area contributed by atoms with Crippen molar-refractivity contribution in [3.63, 3.8) is 0 Å². The summed E-state index contributed by atoms with van der Waals surface area (Å²) in [4.78, 5) is 30.5. The summed E-state index contributed by atoms with van der Waals surface area (Å²) < 4.78 is 70.3. The number of benzene rings is 3. The summed E-state index contributed by atoms with van der Waals surface area (Å²) in [7, 11) is 0. The Morgan fingerprint density at radius 1 is 1.11 bits per heavy atom. The maximum Gasteiger partial charge on any atom is 0.434 e. The molecule has 0 spiro atoms. The van der Waals surface area contributed by atoms with Gasteiger partial charge in [0.25, 0.3) is 5.56 Å². The molecule has 0 N–H and O–H groups in total. The maximum atomic E-state index is 14.4. The van der Waals surface area contributed by atoms with E-state index in [1.165, 1.54) is 49.4 Å². The molecule has 0 aliphatic carbocycles. The SMILES string of the molecule is CCOC(=O)C1=C(C(F)(F)F)N=c2s/c(=C\c3cc(I)cc(I)c3OCc3ccc(F)cc3)c(=O)n2[C@H]1c1ccc(Cl)cc1. The molecule has 0 radical (unpaired) electrons. The van der Waals surface area contributed by atoms with E-state index in [4.69, 9.17) is 21.1 Å². The molecule has 1 aliphatic heterocycles. The zero-order valence-electron chi connectivity index (χ0n) is 22.4. The topological polar surface area (TPSA) is 69.9 Å². The zero-order chi connectivity index (χ0) is 31.8. The van der Waals surface area contributed by atoms with Gasteiger partial charge in [-0.2, -0.15) is 13.2 Å². The minimum atomic E-state index is -5.02. The lowest BCUT2D eigenvalue weighted by molar-refractivity contribution is -0.140. The highest BCUT2D eigenvalue weighted by Gasteiger charge is 2.45. The van der Waals surface area contributed by atoms with Crippen LogP contribution in [0.1, 0.15) is 29.7 Å². The van der Waals surface area contributed by atoms with Gasteiger partial charge in [-0.15, -0.1) is 0 Å². The molecule has 0 bridgehead atoms. The van der Waals surface area contributed by atoms with E-state index in [0.717, 1.165) is 23.0 Å². The predicted octanol–water partition coefficient (Wildman–Crippen LogP) is 6.92. The Kier molecular flexibility index (Phi) is 9.87. The normalized spacial score (nSPS) is 15.2. The van der Waals surface area contributed by atoms with E-state index >= 15 is 0 Å². The Balaban J connectivity index is 1.71. The van der Waals surface area contributed by atoms with Crippen molar-refractivity contribution >= 4 is 80.2 Å². The van der Waals surface area contributed by atoms with E-state index in [1.807, 2.05) is 6.07 Å². The monoisotopic (exact) mass is 868 g/mol. The van der Waals surface area contributed by atoms with Crippen LogP contribution in [0.4, 0.5) is 17.6 Å². The largest absolute Gasteiger partial charge is 0.487 e. The number of alkyl halides is 3. The van der Waals surface area contributed by atoms with Crippen LogP contribution in [0, 0.1) is 13.0 Å². The number of rotatable bonds is 7. The van der Waals surface area contributed by atoms with Gasteiger partial charge in [-0.3, -0.25) is 9.36 Å². The number of carbonyl (C=O) groups excluding carboxylic acids is 1. The summed E-state index contributed by atoms with van der Waals surface area (Å²) in [6.45, 7) is 1.39. The zero-order valence-corrected chi connectivity index (χ0v) is 28.3. The van der Waals surface area contributed by atoms with Crippen LogP contribution < -0.4 is 19.6 Å². The highest BCUT2D eigenvalue weighted by atomic mass is 127. The van der Waals surface area contributed by atoms with Gasteiger partial charge in [0.15, 0.2) is 10.5 Å². The molecule has 14 heteroatoms. The summed E-state index contributed by atoms with van der Waals surface area (Å²) >= 11 is 11.0. The Labute approximate surface area is 284 Å². The fraction of sp³-hybridized carbons (Fsp3) is 0.167. The standard InChI is InChI=1S/C30H19ClF4I2N2O4S/c1-2-42-28(41)23-24(16-5-7-18(31)8-6-16)39-27(40)22(44-29(39)38-26(23)30(33,34)35)12-17-11-20(36)13-21(37)25(17)43-14-15-3-9-19(32)10-4-15/h3-13,24H,2,14H2,1H3/b22-12-/t24-/m0/s1. The lowest BCUT2D eigenvalue weighted by Gasteiger charge is -2.26. The molecule has 5 rings (SSSR count). The van der Waals surface area contributed by atoms with Crippen LogP contribution in [0.3, 0.4) is 0 Å². The molecule has 0 fully saturated rings. The van der Waals surface area contributed by atoms with E-state index in [-0.39, 0.29) is 33.9 Å². The fourth-order valence-electron chi connectivity index (χ4n) is 4.52. The average Bonchev–Trinajstić information content (AvgIpc) is 3.27. The molecule has 0 saturated carbocycles. The number of ether oxygens (including phenoxy) is 2. The number of aromatic nitrogens is 1. The van der Waals surface area contributed by atoms with Crippen LogP contribution in [0.2, 0.25) is 5.02 Å². The van der Waals surface area contributed by atoms with Crippen molar-refractivity contribution < 1.29 is 31.8 Å². The third-order valence-corrected chi connectivity index (χ3v) is 9.06. The first-order chi connectivity index (χ1) is 20.9. The molecule has 44 heavy (non-hydrogen) atoms. The van der Waals surface area contributed by atoms with E-state index < -0.39 is 35.0 Å². The average molecular weight is 869 g/mol. The number of allylic oxidation sites excluding steroid dienone is 1. The predicted molar refractivity (Wildman–Crippen MR) is 175 cm³/mol. The van der Waals surface area contributed by atoms with Crippen LogP contribution in [-0.2, 0) is 16.1 Å². The fourth-order valence-corrected chi connectivity index (χ4v) is 7.68. The summed E-state index contributed by atoms with van der Waals surface area (Å²) in [6, 6.07) is 13.8. The van der Waals surface area contributed by atoms with Crippen LogP contribution in [0.15, 0.2) is 81.7 Å². The second kappa shape index (κ2) is 13.3. The minimum absolute atomic E-state index is 0.0683. The molecule has 1 aliphatic rings. The quantitative estimate of drug-likeness (QED) is 0.115. The molecule has 1 atom stereocenters. The van der Waals surface area contributed by atoms with Gasteiger partial charge in [0.05, 0.1) is 26.3 Å². The lowest BCUT2D eigenvalue weighted by Crippen LogP contribution is -2.41. The van der Waals surface area contributed by atoms with Crippen LogP contribution in [-0.4, -0.2) is 23.3 Å². The van der Waals surface area contributed by atoms with Gasteiger partial charge < -0.3 is 9.47 Å². The number of hydrogen-bond donors (Lipinski definition) is 0. The van der Waals surface area contributed by atoms with Crippen molar-refractivity contribution in [2.45, 2.75) is 25.7 Å². The summed E-state index contributed by atoms with van der Waals surface area (Å²) in [5, 5.41) is 0.320. The van der Waals surface area contributed by atoms with Gasteiger partial charge in [-0.05, 0) is 106 Å². The number of thiazole rings is 1. The molecule has 2 heterocycles. The first-order valence-corrected chi connectivity index (χ1v) is 16.1. The van der Waals surface area contributed by atoms with Crippen LogP contribution in [0.5, 0.6) is 5.75 Å². The Bertz CT molecular complexity index is 1960. The molecule has 0 saturated heterocycles. The first-order valence-electron chi connectivity index (χ1n) is 12.8. The molecular weight excluding hydrogens is 850 g/mol. The Hall–Kier alpha value is -2.76. The third-order valence-electron chi connectivity index (χ3n) is 6.40. The van der Waals surface area contributed by atoms with Gasteiger partial charge >= 0.3 is 12.1 Å². The van der Waals surface area contributed by atoms with Gasteiger partial charge in [0, 0.05) is 14.2 Å². The number of hydrogen-bond acceptors (Lipinski definition) is 6. The van der Waals surface area contributed by atoms with Crippen molar-refractivity contribution in [2.24, 2.45) is 4.99 Å². The Morgan fingerprint density at radius 3 is 2.43 bits per heavy atom.